The minimum atomic E-state index is -0.125. The predicted molar refractivity (Wildman–Crippen MR) is 70.4 cm³/mol. The van der Waals surface area contributed by atoms with Crippen LogP contribution >= 0.6 is 12.4 Å². The molecule has 1 amide bonds. The monoisotopic (exact) mass is 273 g/mol. The number of aryl methyl sites for hydroxylation is 1. The van der Waals surface area contributed by atoms with Gasteiger partial charge in [0.1, 0.15) is 0 Å². The summed E-state index contributed by atoms with van der Waals surface area (Å²) in [6.45, 7) is 4.92. The molecule has 0 spiro atoms. The van der Waals surface area contributed by atoms with Gasteiger partial charge in [-0.1, -0.05) is 12.1 Å². The van der Waals surface area contributed by atoms with Crippen LogP contribution in [0.15, 0.2) is 10.6 Å². The molecular formula is C12H20ClN3O2. The van der Waals surface area contributed by atoms with E-state index in [4.69, 9.17) is 10.3 Å². The first kappa shape index (κ1) is 15.0. The van der Waals surface area contributed by atoms with Gasteiger partial charge in [0.15, 0.2) is 5.76 Å². The minimum Gasteiger partial charge on any atom is -0.359 e. The summed E-state index contributed by atoms with van der Waals surface area (Å²) in [5.41, 5.74) is 6.40. The second-order valence-corrected chi connectivity index (χ2v) is 4.70. The Morgan fingerprint density at radius 1 is 1.72 bits per heavy atom. The lowest BCUT2D eigenvalue weighted by Gasteiger charge is -2.25. The number of carbonyl (C=O) groups is 1. The highest BCUT2D eigenvalue weighted by molar-refractivity contribution is 5.85. The third kappa shape index (κ3) is 2.84. The summed E-state index contributed by atoms with van der Waals surface area (Å²) in [4.78, 5) is 14.0. The first-order chi connectivity index (χ1) is 8.13. The normalized spacial score (nSPS) is 20.6. The lowest BCUT2D eigenvalue weighted by atomic mass is 10.1. The molecule has 1 aromatic heterocycles. The predicted octanol–water partition coefficient (Wildman–Crippen LogP) is 1.66. The van der Waals surface area contributed by atoms with Crippen molar-refractivity contribution in [2.24, 2.45) is 11.7 Å². The van der Waals surface area contributed by atoms with Crippen LogP contribution in [0.1, 0.15) is 37.3 Å². The van der Waals surface area contributed by atoms with E-state index in [-0.39, 0.29) is 30.3 Å². The van der Waals surface area contributed by atoms with Gasteiger partial charge in [0.2, 0.25) is 5.91 Å². The smallest absolute Gasteiger partial charge is 0.227 e. The number of amides is 1. The standard InChI is InChI=1S/C12H19N3O2.ClH/c1-8(7-13)12(16)15-5-3-4-10(15)11-6-9(2)14-17-11;/h6,8,10H,3-5,7,13H2,1-2H3;1H. The summed E-state index contributed by atoms with van der Waals surface area (Å²) >= 11 is 0. The molecule has 1 fully saturated rings. The van der Waals surface area contributed by atoms with Gasteiger partial charge in [-0.25, -0.2) is 0 Å². The molecule has 2 atom stereocenters. The Morgan fingerprint density at radius 2 is 2.44 bits per heavy atom. The molecule has 1 aromatic rings. The Hall–Kier alpha value is -1.07. The molecule has 1 aliphatic heterocycles. The number of aromatic nitrogens is 1. The second-order valence-electron chi connectivity index (χ2n) is 4.70. The van der Waals surface area contributed by atoms with Crippen molar-refractivity contribution in [3.05, 3.63) is 17.5 Å². The van der Waals surface area contributed by atoms with E-state index in [0.29, 0.717) is 6.54 Å². The highest BCUT2D eigenvalue weighted by Gasteiger charge is 2.34. The van der Waals surface area contributed by atoms with Gasteiger partial charge < -0.3 is 15.2 Å². The average molecular weight is 274 g/mol. The largest absolute Gasteiger partial charge is 0.359 e. The van der Waals surface area contributed by atoms with Crippen LogP contribution in [0.4, 0.5) is 0 Å². The van der Waals surface area contributed by atoms with E-state index in [0.717, 1.165) is 30.8 Å². The van der Waals surface area contributed by atoms with Crippen molar-refractivity contribution in [3.63, 3.8) is 0 Å². The zero-order chi connectivity index (χ0) is 12.4. The molecular weight excluding hydrogens is 254 g/mol. The molecule has 2 unspecified atom stereocenters. The number of carbonyl (C=O) groups excluding carboxylic acids is 1. The molecule has 0 saturated carbocycles. The summed E-state index contributed by atoms with van der Waals surface area (Å²) in [6.07, 6.45) is 1.95. The van der Waals surface area contributed by atoms with Crippen LogP contribution in [-0.4, -0.2) is 29.1 Å². The van der Waals surface area contributed by atoms with Crippen LogP contribution in [0.25, 0.3) is 0 Å². The lowest BCUT2D eigenvalue weighted by molar-refractivity contribution is -0.136. The SMILES string of the molecule is Cc1cc(C2CCCN2C(=O)C(C)CN)on1.Cl. The summed E-state index contributed by atoms with van der Waals surface area (Å²) in [5, 5.41) is 3.88. The number of hydrogen-bond donors (Lipinski definition) is 1. The van der Waals surface area contributed by atoms with Crippen molar-refractivity contribution in [3.8, 4) is 0 Å². The van der Waals surface area contributed by atoms with Gasteiger partial charge in [0, 0.05) is 25.1 Å². The molecule has 1 aliphatic rings. The van der Waals surface area contributed by atoms with Gasteiger partial charge in [-0.2, -0.15) is 0 Å². The minimum absolute atomic E-state index is 0. The van der Waals surface area contributed by atoms with Crippen LogP contribution < -0.4 is 5.73 Å². The zero-order valence-electron chi connectivity index (χ0n) is 10.8. The van der Waals surface area contributed by atoms with Crippen molar-refractivity contribution >= 4 is 18.3 Å². The first-order valence-corrected chi connectivity index (χ1v) is 6.07. The molecule has 2 heterocycles. The topological polar surface area (TPSA) is 72.4 Å². The van der Waals surface area contributed by atoms with E-state index in [1.165, 1.54) is 0 Å². The molecule has 2 N–H and O–H groups in total. The van der Waals surface area contributed by atoms with Crippen molar-refractivity contribution in [1.82, 2.24) is 10.1 Å². The van der Waals surface area contributed by atoms with E-state index in [1.54, 1.807) is 0 Å². The van der Waals surface area contributed by atoms with E-state index >= 15 is 0 Å². The van der Waals surface area contributed by atoms with Crippen LogP contribution in [0.5, 0.6) is 0 Å². The van der Waals surface area contributed by atoms with Gasteiger partial charge in [0.05, 0.1) is 11.7 Å². The molecule has 102 valence electrons. The van der Waals surface area contributed by atoms with Gasteiger partial charge in [-0.15, -0.1) is 12.4 Å². The Bertz CT molecular complexity index is 408. The molecule has 6 heteroatoms. The van der Waals surface area contributed by atoms with Crippen LogP contribution in [-0.2, 0) is 4.79 Å². The molecule has 0 radical (unpaired) electrons. The summed E-state index contributed by atoms with van der Waals surface area (Å²) in [5.74, 6) is 0.779. The maximum absolute atomic E-state index is 12.2. The lowest BCUT2D eigenvalue weighted by Crippen LogP contribution is -2.37. The number of halogens is 1. The van der Waals surface area contributed by atoms with E-state index in [2.05, 4.69) is 5.16 Å². The third-order valence-electron chi connectivity index (χ3n) is 3.29. The summed E-state index contributed by atoms with van der Waals surface area (Å²) < 4.78 is 5.27. The van der Waals surface area contributed by atoms with Crippen molar-refractivity contribution in [2.45, 2.75) is 32.7 Å². The van der Waals surface area contributed by atoms with Gasteiger partial charge in [0.25, 0.3) is 0 Å². The fourth-order valence-electron chi connectivity index (χ4n) is 2.25. The molecule has 1 saturated heterocycles. The quantitative estimate of drug-likeness (QED) is 0.909. The maximum Gasteiger partial charge on any atom is 0.227 e. The van der Waals surface area contributed by atoms with Crippen molar-refractivity contribution in [2.75, 3.05) is 13.1 Å². The Balaban J connectivity index is 0.00000162. The molecule has 0 aliphatic carbocycles. The highest BCUT2D eigenvalue weighted by atomic mass is 35.5. The second kappa shape index (κ2) is 6.20. The average Bonchev–Trinajstić information content (AvgIpc) is 2.94. The van der Waals surface area contributed by atoms with E-state index in [1.807, 2.05) is 24.8 Å². The Morgan fingerprint density at radius 3 is 3.00 bits per heavy atom. The number of hydrogen-bond acceptors (Lipinski definition) is 4. The molecule has 18 heavy (non-hydrogen) atoms. The van der Waals surface area contributed by atoms with Gasteiger partial charge in [-0.3, -0.25) is 4.79 Å². The van der Waals surface area contributed by atoms with Crippen molar-refractivity contribution in [1.29, 1.82) is 0 Å². The molecule has 0 aromatic carbocycles. The van der Waals surface area contributed by atoms with Gasteiger partial charge >= 0.3 is 0 Å². The molecule has 2 rings (SSSR count). The van der Waals surface area contributed by atoms with E-state index in [9.17, 15) is 4.79 Å². The fourth-order valence-corrected chi connectivity index (χ4v) is 2.25. The molecule has 0 bridgehead atoms. The maximum atomic E-state index is 12.2. The van der Waals surface area contributed by atoms with Crippen molar-refractivity contribution < 1.29 is 9.32 Å². The first-order valence-electron chi connectivity index (χ1n) is 6.07. The number of rotatable bonds is 3. The van der Waals surface area contributed by atoms with Crippen LogP contribution in [0.2, 0.25) is 0 Å². The third-order valence-corrected chi connectivity index (χ3v) is 3.29. The molecule has 5 nitrogen and oxygen atoms in total. The fraction of sp³-hybridized carbons (Fsp3) is 0.667. The number of likely N-dealkylation sites (tertiary alicyclic amines) is 1. The van der Waals surface area contributed by atoms with Crippen LogP contribution in [0, 0.1) is 12.8 Å². The van der Waals surface area contributed by atoms with Crippen LogP contribution in [0.3, 0.4) is 0 Å². The summed E-state index contributed by atoms with van der Waals surface area (Å²) in [6, 6.07) is 1.95. The van der Waals surface area contributed by atoms with Gasteiger partial charge in [-0.05, 0) is 19.8 Å². The Labute approximate surface area is 113 Å². The van der Waals surface area contributed by atoms with E-state index < -0.39 is 0 Å². The highest BCUT2D eigenvalue weighted by Crippen LogP contribution is 2.33. The summed E-state index contributed by atoms with van der Waals surface area (Å²) in [7, 11) is 0. The number of nitrogens with zero attached hydrogens (tertiary/aromatic N) is 2. The zero-order valence-corrected chi connectivity index (χ0v) is 11.6. The number of nitrogens with two attached hydrogens (primary N) is 1. The Kier molecular flexibility index (Phi) is 5.16.